The van der Waals surface area contributed by atoms with E-state index in [1.165, 1.54) is 0 Å². The van der Waals surface area contributed by atoms with Crippen LogP contribution in [0.4, 0.5) is 11.8 Å². The van der Waals surface area contributed by atoms with E-state index in [0.29, 0.717) is 18.3 Å². The fourth-order valence-electron chi connectivity index (χ4n) is 1.93. The van der Waals surface area contributed by atoms with Gasteiger partial charge >= 0.3 is 0 Å². The normalized spacial score (nSPS) is 21.5. The van der Waals surface area contributed by atoms with Crippen LogP contribution in [-0.4, -0.2) is 42.5 Å². The van der Waals surface area contributed by atoms with Crippen molar-refractivity contribution in [2.45, 2.75) is 26.3 Å². The smallest absolute Gasteiger partial charge is 0.224 e. The standard InChI is InChI=1S/C12H20N4O2S/c1-9(2)7-14-11-3-5-13-12(16-11)15-10-4-6-19(17,18)8-10/h3,5,9-10H,4,6-8H2,1-2H3,(H2,13,14,15,16). The van der Waals surface area contributed by atoms with Gasteiger partial charge in [0.05, 0.1) is 11.5 Å². The van der Waals surface area contributed by atoms with Crippen molar-refractivity contribution in [3.63, 3.8) is 0 Å². The number of hydrogen-bond donors (Lipinski definition) is 2. The van der Waals surface area contributed by atoms with E-state index in [2.05, 4.69) is 34.4 Å². The van der Waals surface area contributed by atoms with E-state index in [0.717, 1.165) is 12.4 Å². The minimum atomic E-state index is -2.88. The van der Waals surface area contributed by atoms with Crippen LogP contribution in [0.2, 0.25) is 0 Å². The van der Waals surface area contributed by atoms with E-state index in [-0.39, 0.29) is 17.5 Å². The molecule has 7 heteroatoms. The number of hydrogen-bond acceptors (Lipinski definition) is 6. The van der Waals surface area contributed by atoms with E-state index in [4.69, 9.17) is 0 Å². The highest BCUT2D eigenvalue weighted by molar-refractivity contribution is 7.91. The Morgan fingerprint density at radius 3 is 2.89 bits per heavy atom. The van der Waals surface area contributed by atoms with Crippen LogP contribution in [0.25, 0.3) is 0 Å². The minimum absolute atomic E-state index is 0.0784. The van der Waals surface area contributed by atoms with Gasteiger partial charge in [0, 0.05) is 18.8 Å². The highest BCUT2D eigenvalue weighted by Gasteiger charge is 2.28. The first-order chi connectivity index (χ1) is 8.94. The van der Waals surface area contributed by atoms with Gasteiger partial charge in [-0.05, 0) is 18.4 Å². The summed E-state index contributed by atoms with van der Waals surface area (Å²) in [4.78, 5) is 8.45. The van der Waals surface area contributed by atoms with Crippen molar-refractivity contribution in [1.29, 1.82) is 0 Å². The van der Waals surface area contributed by atoms with Gasteiger partial charge in [-0.3, -0.25) is 0 Å². The zero-order chi connectivity index (χ0) is 13.9. The van der Waals surface area contributed by atoms with Gasteiger partial charge in [-0.15, -0.1) is 0 Å². The topological polar surface area (TPSA) is 84.0 Å². The van der Waals surface area contributed by atoms with Gasteiger partial charge in [0.15, 0.2) is 9.84 Å². The SMILES string of the molecule is CC(C)CNc1ccnc(NC2CCS(=O)(=O)C2)n1. The molecular formula is C12H20N4O2S. The first-order valence-corrected chi connectivity index (χ1v) is 8.30. The van der Waals surface area contributed by atoms with Gasteiger partial charge in [0.1, 0.15) is 5.82 Å². The molecule has 1 fully saturated rings. The van der Waals surface area contributed by atoms with Gasteiger partial charge in [0.25, 0.3) is 0 Å². The van der Waals surface area contributed by atoms with Crippen LogP contribution in [-0.2, 0) is 9.84 Å². The highest BCUT2D eigenvalue weighted by atomic mass is 32.2. The number of nitrogens with zero attached hydrogens (tertiary/aromatic N) is 2. The van der Waals surface area contributed by atoms with Crippen molar-refractivity contribution in [3.8, 4) is 0 Å². The van der Waals surface area contributed by atoms with Crippen LogP contribution in [0.5, 0.6) is 0 Å². The molecule has 0 spiro atoms. The highest BCUT2D eigenvalue weighted by Crippen LogP contribution is 2.16. The molecule has 106 valence electrons. The Kier molecular flexibility index (Phi) is 4.24. The zero-order valence-corrected chi connectivity index (χ0v) is 12.1. The third-order valence-electron chi connectivity index (χ3n) is 2.91. The number of nitrogens with one attached hydrogen (secondary N) is 2. The summed E-state index contributed by atoms with van der Waals surface area (Å²) >= 11 is 0. The molecule has 1 aliphatic heterocycles. The second-order valence-corrected chi connectivity index (χ2v) is 7.51. The minimum Gasteiger partial charge on any atom is -0.370 e. The third-order valence-corrected chi connectivity index (χ3v) is 4.68. The fourth-order valence-corrected chi connectivity index (χ4v) is 3.60. The van der Waals surface area contributed by atoms with Gasteiger partial charge < -0.3 is 10.6 Å². The van der Waals surface area contributed by atoms with E-state index in [1.807, 2.05) is 0 Å². The molecule has 1 unspecified atom stereocenters. The fraction of sp³-hybridized carbons (Fsp3) is 0.667. The first kappa shape index (κ1) is 14.0. The van der Waals surface area contributed by atoms with Crippen molar-refractivity contribution in [3.05, 3.63) is 12.3 Å². The summed E-state index contributed by atoms with van der Waals surface area (Å²) in [5, 5.41) is 6.30. The molecule has 0 amide bonds. The maximum atomic E-state index is 11.4. The lowest BCUT2D eigenvalue weighted by molar-refractivity contribution is 0.602. The predicted octanol–water partition coefficient (Wildman–Crippen LogP) is 1.14. The average molecular weight is 284 g/mol. The van der Waals surface area contributed by atoms with Crippen LogP contribution in [0, 0.1) is 5.92 Å². The molecule has 2 heterocycles. The van der Waals surface area contributed by atoms with Crippen molar-refractivity contribution in [2.24, 2.45) is 5.92 Å². The molecule has 6 nitrogen and oxygen atoms in total. The molecule has 1 aromatic heterocycles. The van der Waals surface area contributed by atoms with Crippen molar-refractivity contribution in [2.75, 3.05) is 28.7 Å². The summed E-state index contributed by atoms with van der Waals surface area (Å²) in [6.07, 6.45) is 2.29. The number of sulfone groups is 1. The molecule has 1 saturated heterocycles. The molecule has 19 heavy (non-hydrogen) atoms. The zero-order valence-electron chi connectivity index (χ0n) is 11.3. The Hall–Kier alpha value is -1.37. The molecule has 2 rings (SSSR count). The Labute approximate surface area is 114 Å². The largest absolute Gasteiger partial charge is 0.370 e. The van der Waals surface area contributed by atoms with Gasteiger partial charge in [0.2, 0.25) is 5.95 Å². The summed E-state index contributed by atoms with van der Waals surface area (Å²) in [5.74, 6) is 2.19. The molecule has 0 aromatic carbocycles. The first-order valence-electron chi connectivity index (χ1n) is 6.48. The molecular weight excluding hydrogens is 264 g/mol. The summed E-state index contributed by atoms with van der Waals surface area (Å²) in [5.41, 5.74) is 0. The Morgan fingerprint density at radius 1 is 1.47 bits per heavy atom. The maximum Gasteiger partial charge on any atom is 0.224 e. The second kappa shape index (κ2) is 5.73. The summed E-state index contributed by atoms with van der Waals surface area (Å²) in [6.45, 7) is 5.09. The molecule has 1 aliphatic rings. The monoisotopic (exact) mass is 284 g/mol. The molecule has 0 aliphatic carbocycles. The predicted molar refractivity (Wildman–Crippen MR) is 76.0 cm³/mol. The van der Waals surface area contributed by atoms with Crippen molar-refractivity contribution >= 4 is 21.6 Å². The molecule has 2 N–H and O–H groups in total. The van der Waals surface area contributed by atoms with E-state index in [1.54, 1.807) is 12.3 Å². The van der Waals surface area contributed by atoms with E-state index < -0.39 is 9.84 Å². The van der Waals surface area contributed by atoms with Crippen LogP contribution < -0.4 is 10.6 Å². The van der Waals surface area contributed by atoms with Gasteiger partial charge in [-0.2, -0.15) is 4.98 Å². The van der Waals surface area contributed by atoms with Crippen molar-refractivity contribution < 1.29 is 8.42 Å². The lowest BCUT2D eigenvalue weighted by Gasteiger charge is -2.12. The molecule has 1 aromatic rings. The van der Waals surface area contributed by atoms with Gasteiger partial charge in [-0.25, -0.2) is 13.4 Å². The van der Waals surface area contributed by atoms with Gasteiger partial charge in [-0.1, -0.05) is 13.8 Å². The molecule has 0 radical (unpaired) electrons. The van der Waals surface area contributed by atoms with Crippen LogP contribution in [0.15, 0.2) is 12.3 Å². The third kappa shape index (κ3) is 4.34. The lowest BCUT2D eigenvalue weighted by atomic mass is 10.2. The van der Waals surface area contributed by atoms with Crippen molar-refractivity contribution in [1.82, 2.24) is 9.97 Å². The quantitative estimate of drug-likeness (QED) is 0.843. The second-order valence-electron chi connectivity index (χ2n) is 5.28. The molecule has 0 saturated carbocycles. The van der Waals surface area contributed by atoms with Crippen LogP contribution in [0.3, 0.4) is 0 Å². The number of aromatic nitrogens is 2. The molecule has 0 bridgehead atoms. The van der Waals surface area contributed by atoms with E-state index >= 15 is 0 Å². The Balaban J connectivity index is 1.95. The Bertz CT molecular complexity index is 530. The number of anilines is 2. The number of rotatable bonds is 5. The lowest BCUT2D eigenvalue weighted by Crippen LogP contribution is -2.22. The maximum absolute atomic E-state index is 11.4. The van der Waals surface area contributed by atoms with Crippen LogP contribution >= 0.6 is 0 Å². The molecule has 1 atom stereocenters. The average Bonchev–Trinajstić information content (AvgIpc) is 2.66. The van der Waals surface area contributed by atoms with E-state index in [9.17, 15) is 8.42 Å². The summed E-state index contributed by atoms with van der Waals surface area (Å²) < 4.78 is 22.8. The van der Waals surface area contributed by atoms with Crippen LogP contribution in [0.1, 0.15) is 20.3 Å². The Morgan fingerprint density at radius 2 is 2.26 bits per heavy atom. The summed E-state index contributed by atoms with van der Waals surface area (Å²) in [6, 6.07) is 1.73. The summed E-state index contributed by atoms with van der Waals surface area (Å²) in [7, 11) is -2.88.